The molecule has 0 fully saturated rings. The Morgan fingerprint density at radius 1 is 1.53 bits per heavy atom. The monoisotopic (exact) mass is 246 g/mol. The Hall–Kier alpha value is -0.380. The molecule has 0 saturated carbocycles. The van der Waals surface area contributed by atoms with Crippen LogP contribution in [-0.4, -0.2) is 23.7 Å². The molecule has 1 aromatic carbocycles. The number of rotatable bonds is 5. The zero-order chi connectivity index (χ0) is 11.3. The Labute approximate surface area is 99.6 Å². The average Bonchev–Trinajstić information content (AvgIpc) is 2.20. The maximum absolute atomic E-state index is 9.54. The normalized spacial score (nSPS) is 12.5. The molecular formula is C11H15ClO2S. The molecule has 0 aliphatic rings. The molecule has 0 heterocycles. The van der Waals surface area contributed by atoms with Crippen molar-refractivity contribution < 1.29 is 9.84 Å². The lowest BCUT2D eigenvalue weighted by molar-refractivity contribution is 0.192. The van der Waals surface area contributed by atoms with Gasteiger partial charge in [0, 0.05) is 16.3 Å². The van der Waals surface area contributed by atoms with E-state index in [1.54, 1.807) is 36.9 Å². The summed E-state index contributed by atoms with van der Waals surface area (Å²) in [6.45, 7) is 2.34. The third kappa shape index (κ3) is 3.93. The number of hydrogen-bond donors (Lipinski definition) is 1. The van der Waals surface area contributed by atoms with Crippen LogP contribution in [0.4, 0.5) is 0 Å². The molecule has 0 spiro atoms. The predicted molar refractivity (Wildman–Crippen MR) is 66.0 cm³/mol. The second-order valence-corrected chi connectivity index (χ2v) is 4.62. The second-order valence-electron chi connectivity index (χ2n) is 3.20. The Kier molecular flexibility index (Phi) is 5.29. The van der Waals surface area contributed by atoms with Crippen molar-refractivity contribution in [3.05, 3.63) is 28.8 Å². The van der Waals surface area contributed by atoms with Crippen molar-refractivity contribution in [3.63, 3.8) is 0 Å². The number of halogens is 1. The summed E-state index contributed by atoms with van der Waals surface area (Å²) in [5.74, 6) is 1.64. The fourth-order valence-electron chi connectivity index (χ4n) is 1.21. The van der Waals surface area contributed by atoms with Crippen molar-refractivity contribution in [3.8, 4) is 5.75 Å². The molecule has 0 amide bonds. The van der Waals surface area contributed by atoms with Crippen LogP contribution in [-0.2, 0) is 0 Å². The summed E-state index contributed by atoms with van der Waals surface area (Å²) in [6.07, 6.45) is 1.47. The first-order valence-corrected chi connectivity index (χ1v) is 6.51. The van der Waals surface area contributed by atoms with E-state index >= 15 is 0 Å². The van der Waals surface area contributed by atoms with Gasteiger partial charge < -0.3 is 9.84 Å². The Morgan fingerprint density at radius 3 is 2.87 bits per heavy atom. The molecule has 4 heteroatoms. The Bertz CT molecular complexity index is 315. The first-order chi connectivity index (χ1) is 7.15. The molecule has 0 saturated heterocycles. The van der Waals surface area contributed by atoms with Crippen LogP contribution in [0.2, 0.25) is 5.02 Å². The highest BCUT2D eigenvalue weighted by molar-refractivity contribution is 7.98. The van der Waals surface area contributed by atoms with Crippen molar-refractivity contribution in [1.82, 2.24) is 0 Å². The fourth-order valence-corrected chi connectivity index (χ4v) is 1.64. The minimum Gasteiger partial charge on any atom is -0.492 e. The maximum atomic E-state index is 9.54. The van der Waals surface area contributed by atoms with Crippen LogP contribution in [0.25, 0.3) is 0 Å². The largest absolute Gasteiger partial charge is 0.492 e. The van der Waals surface area contributed by atoms with Gasteiger partial charge in [-0.2, -0.15) is 11.8 Å². The first-order valence-electron chi connectivity index (χ1n) is 4.74. The second kappa shape index (κ2) is 6.26. The van der Waals surface area contributed by atoms with Crippen LogP contribution in [0.15, 0.2) is 18.2 Å². The van der Waals surface area contributed by atoms with Crippen LogP contribution < -0.4 is 4.74 Å². The van der Waals surface area contributed by atoms with Crippen LogP contribution in [0, 0.1) is 0 Å². The van der Waals surface area contributed by atoms with Gasteiger partial charge in [0.15, 0.2) is 0 Å². The highest BCUT2D eigenvalue weighted by Crippen LogP contribution is 2.28. The summed E-state index contributed by atoms with van der Waals surface area (Å²) in [7, 11) is 0. The fraction of sp³-hybridized carbons (Fsp3) is 0.455. The number of thioether (sulfide) groups is 1. The van der Waals surface area contributed by atoms with Crippen molar-refractivity contribution in [2.45, 2.75) is 13.0 Å². The van der Waals surface area contributed by atoms with Crippen molar-refractivity contribution in [2.24, 2.45) is 0 Å². The van der Waals surface area contributed by atoms with Crippen molar-refractivity contribution >= 4 is 23.4 Å². The highest BCUT2D eigenvalue weighted by Gasteiger charge is 2.09. The van der Waals surface area contributed by atoms with E-state index in [2.05, 4.69) is 0 Å². The predicted octanol–water partition coefficient (Wildman–Crippen LogP) is 3.14. The molecule has 84 valence electrons. The molecule has 0 radical (unpaired) electrons. The zero-order valence-electron chi connectivity index (χ0n) is 8.87. The lowest BCUT2D eigenvalue weighted by atomic mass is 10.1. The Balaban J connectivity index is 2.77. The lowest BCUT2D eigenvalue weighted by Gasteiger charge is -2.13. The van der Waals surface area contributed by atoms with Gasteiger partial charge in [0.25, 0.3) is 0 Å². The topological polar surface area (TPSA) is 29.5 Å². The summed E-state index contributed by atoms with van der Waals surface area (Å²) in [4.78, 5) is 0. The Morgan fingerprint density at radius 2 is 2.27 bits per heavy atom. The van der Waals surface area contributed by atoms with Gasteiger partial charge >= 0.3 is 0 Å². The SMILES string of the molecule is CSCCOc1ccc(Cl)cc1[C@H](C)O. The molecule has 0 unspecified atom stereocenters. The van der Waals surface area contributed by atoms with Gasteiger partial charge in [-0.1, -0.05) is 11.6 Å². The quantitative estimate of drug-likeness (QED) is 0.810. The number of benzene rings is 1. The van der Waals surface area contributed by atoms with Gasteiger partial charge in [0.05, 0.1) is 12.7 Å². The molecule has 1 aromatic rings. The van der Waals surface area contributed by atoms with Gasteiger partial charge in [0.1, 0.15) is 5.75 Å². The van der Waals surface area contributed by atoms with Crippen molar-refractivity contribution in [2.75, 3.05) is 18.6 Å². The molecular weight excluding hydrogens is 232 g/mol. The van der Waals surface area contributed by atoms with Crippen LogP contribution >= 0.6 is 23.4 Å². The molecule has 0 bridgehead atoms. The summed E-state index contributed by atoms with van der Waals surface area (Å²) in [6, 6.07) is 5.30. The minimum atomic E-state index is -0.562. The van der Waals surface area contributed by atoms with E-state index in [-0.39, 0.29) is 0 Å². The third-order valence-electron chi connectivity index (χ3n) is 1.97. The van der Waals surface area contributed by atoms with Gasteiger partial charge in [-0.3, -0.25) is 0 Å². The molecule has 15 heavy (non-hydrogen) atoms. The van der Waals surface area contributed by atoms with E-state index < -0.39 is 6.10 Å². The number of ether oxygens (including phenoxy) is 1. The number of hydrogen-bond acceptors (Lipinski definition) is 3. The number of aliphatic hydroxyl groups excluding tert-OH is 1. The van der Waals surface area contributed by atoms with E-state index in [9.17, 15) is 5.11 Å². The molecule has 1 atom stereocenters. The summed E-state index contributed by atoms with van der Waals surface area (Å²) < 4.78 is 5.55. The molecule has 2 nitrogen and oxygen atoms in total. The smallest absolute Gasteiger partial charge is 0.125 e. The van der Waals surface area contributed by atoms with Crippen LogP contribution in [0.3, 0.4) is 0 Å². The zero-order valence-corrected chi connectivity index (χ0v) is 10.4. The molecule has 1 N–H and O–H groups in total. The van der Waals surface area contributed by atoms with Gasteiger partial charge in [0.2, 0.25) is 0 Å². The first kappa shape index (κ1) is 12.7. The third-order valence-corrected chi connectivity index (χ3v) is 2.78. The summed E-state index contributed by atoms with van der Waals surface area (Å²) in [5, 5.41) is 10.2. The van der Waals surface area contributed by atoms with E-state index in [0.29, 0.717) is 17.4 Å². The molecule has 0 aliphatic heterocycles. The van der Waals surface area contributed by atoms with E-state index in [4.69, 9.17) is 16.3 Å². The van der Waals surface area contributed by atoms with E-state index in [1.807, 2.05) is 6.26 Å². The molecule has 0 aliphatic carbocycles. The van der Waals surface area contributed by atoms with Gasteiger partial charge in [-0.05, 0) is 31.4 Å². The molecule has 0 aromatic heterocycles. The average molecular weight is 247 g/mol. The molecule has 1 rings (SSSR count). The minimum absolute atomic E-state index is 0.562. The highest BCUT2D eigenvalue weighted by atomic mass is 35.5. The van der Waals surface area contributed by atoms with E-state index in [0.717, 1.165) is 11.3 Å². The van der Waals surface area contributed by atoms with Gasteiger partial charge in [-0.25, -0.2) is 0 Å². The van der Waals surface area contributed by atoms with Crippen LogP contribution in [0.5, 0.6) is 5.75 Å². The standard InChI is InChI=1S/C11H15ClO2S/c1-8(13)10-7-9(12)3-4-11(10)14-5-6-15-2/h3-4,7-8,13H,5-6H2,1-2H3/t8-/m0/s1. The summed E-state index contributed by atoms with van der Waals surface area (Å²) in [5.41, 5.74) is 0.739. The van der Waals surface area contributed by atoms with Crippen LogP contribution in [0.1, 0.15) is 18.6 Å². The maximum Gasteiger partial charge on any atom is 0.125 e. The van der Waals surface area contributed by atoms with Gasteiger partial charge in [-0.15, -0.1) is 0 Å². The summed E-state index contributed by atoms with van der Waals surface area (Å²) >= 11 is 7.58. The van der Waals surface area contributed by atoms with Crippen molar-refractivity contribution in [1.29, 1.82) is 0 Å². The van der Waals surface area contributed by atoms with E-state index in [1.165, 1.54) is 0 Å². The lowest BCUT2D eigenvalue weighted by Crippen LogP contribution is -2.03. The number of aliphatic hydroxyl groups is 1.